The summed E-state index contributed by atoms with van der Waals surface area (Å²) in [5.41, 5.74) is 1.19. The summed E-state index contributed by atoms with van der Waals surface area (Å²) in [5.74, 6) is 1.64. The number of piperidine rings is 3. The lowest BCUT2D eigenvalue weighted by molar-refractivity contribution is -0.0377. The fourth-order valence-corrected chi connectivity index (χ4v) is 5.98. The number of nitrogens with one attached hydrogen (secondary N) is 1. The second-order valence-corrected chi connectivity index (χ2v) is 10.0. The normalized spacial score (nSPS) is 29.1. The van der Waals surface area contributed by atoms with Crippen molar-refractivity contribution in [1.29, 1.82) is 0 Å². The molecule has 1 N–H and O–H groups in total. The summed E-state index contributed by atoms with van der Waals surface area (Å²) in [6.07, 6.45) is 5.03. The van der Waals surface area contributed by atoms with Crippen molar-refractivity contribution >= 4 is 27.3 Å². The zero-order chi connectivity index (χ0) is 18.8. The van der Waals surface area contributed by atoms with Gasteiger partial charge < -0.3 is 10.1 Å². The number of hydrogen-bond donors (Lipinski definition) is 1. The molecule has 4 aliphatic rings. The van der Waals surface area contributed by atoms with E-state index in [2.05, 4.69) is 43.1 Å². The third-order valence-corrected chi connectivity index (χ3v) is 7.89. The molecule has 1 aliphatic carbocycles. The predicted octanol–water partition coefficient (Wildman–Crippen LogP) is 4.35. The van der Waals surface area contributed by atoms with Gasteiger partial charge in [0, 0.05) is 11.6 Å². The Kier molecular flexibility index (Phi) is 4.03. The number of carbonyl (C=O) groups excluding carboxylic acids is 1. The van der Waals surface area contributed by atoms with Gasteiger partial charge >= 0.3 is 0 Å². The van der Waals surface area contributed by atoms with Crippen LogP contribution in [0.25, 0.3) is 10.1 Å². The highest BCUT2D eigenvalue weighted by atomic mass is 32.1. The Morgan fingerprint density at radius 3 is 2.63 bits per heavy atom. The molecular formula is C22H28N2O2S. The molecule has 1 aromatic carbocycles. The van der Waals surface area contributed by atoms with Crippen molar-refractivity contribution in [3.63, 3.8) is 0 Å². The van der Waals surface area contributed by atoms with E-state index in [0.717, 1.165) is 52.2 Å². The monoisotopic (exact) mass is 384 g/mol. The van der Waals surface area contributed by atoms with Gasteiger partial charge in [-0.3, -0.25) is 9.69 Å². The minimum Gasteiger partial charge on any atom is -0.489 e. The van der Waals surface area contributed by atoms with Crippen molar-refractivity contribution in [3.8, 4) is 5.75 Å². The minimum atomic E-state index is 0.0321. The van der Waals surface area contributed by atoms with Gasteiger partial charge in [0.1, 0.15) is 5.75 Å². The first kappa shape index (κ1) is 17.5. The Morgan fingerprint density at radius 2 is 1.96 bits per heavy atom. The highest BCUT2D eigenvalue weighted by molar-refractivity contribution is 7.21. The van der Waals surface area contributed by atoms with Gasteiger partial charge in [-0.1, -0.05) is 12.1 Å². The number of ether oxygens (including phenoxy) is 1. The van der Waals surface area contributed by atoms with E-state index < -0.39 is 0 Å². The van der Waals surface area contributed by atoms with Crippen LogP contribution in [-0.4, -0.2) is 41.6 Å². The zero-order valence-electron chi connectivity index (χ0n) is 16.4. The van der Waals surface area contributed by atoms with Crippen LogP contribution in [0.5, 0.6) is 5.75 Å². The van der Waals surface area contributed by atoms with Crippen LogP contribution in [0.1, 0.15) is 54.8 Å². The van der Waals surface area contributed by atoms with Gasteiger partial charge in [-0.05, 0) is 82.5 Å². The van der Waals surface area contributed by atoms with Gasteiger partial charge in [0.15, 0.2) is 0 Å². The Morgan fingerprint density at radius 1 is 1.22 bits per heavy atom. The van der Waals surface area contributed by atoms with E-state index in [4.69, 9.17) is 4.74 Å². The molecule has 144 valence electrons. The largest absolute Gasteiger partial charge is 0.489 e. The van der Waals surface area contributed by atoms with Gasteiger partial charge in [0.05, 0.1) is 15.7 Å². The standard InChI is InChI=1S/C22H28N2O2S/c1-13-4-5-15-12-17(27-19(15)18(13)26-16-6-7-16)21(25)23-20-14-8-10-24(11-9-14)22(20,2)3/h4-5,12,14,16,20H,6-11H2,1-3H3,(H,23,25). The molecule has 1 aromatic heterocycles. The number of nitrogens with zero attached hydrogens (tertiary/aromatic N) is 1. The molecule has 4 fully saturated rings. The summed E-state index contributed by atoms with van der Waals surface area (Å²) >= 11 is 1.57. The van der Waals surface area contributed by atoms with Gasteiger partial charge in [0.25, 0.3) is 5.91 Å². The lowest BCUT2D eigenvalue weighted by atomic mass is 9.72. The zero-order valence-corrected chi connectivity index (χ0v) is 17.2. The number of carbonyl (C=O) groups is 1. The van der Waals surface area contributed by atoms with Gasteiger partial charge in [-0.2, -0.15) is 0 Å². The maximum atomic E-state index is 13.1. The van der Waals surface area contributed by atoms with Crippen LogP contribution < -0.4 is 10.1 Å². The molecule has 2 bridgehead atoms. The molecule has 4 heterocycles. The molecule has 3 aliphatic heterocycles. The lowest BCUT2D eigenvalue weighted by Crippen LogP contribution is -2.69. The van der Waals surface area contributed by atoms with Crippen LogP contribution in [0.2, 0.25) is 0 Å². The number of aryl methyl sites for hydroxylation is 1. The first-order valence-electron chi connectivity index (χ1n) is 10.2. The average molecular weight is 385 g/mol. The van der Waals surface area contributed by atoms with E-state index in [9.17, 15) is 4.79 Å². The molecule has 3 saturated heterocycles. The third kappa shape index (κ3) is 2.95. The van der Waals surface area contributed by atoms with E-state index in [1.54, 1.807) is 11.3 Å². The van der Waals surface area contributed by atoms with E-state index in [1.807, 2.05) is 6.07 Å². The van der Waals surface area contributed by atoms with Crippen molar-refractivity contribution in [3.05, 3.63) is 28.6 Å². The van der Waals surface area contributed by atoms with Crippen LogP contribution in [-0.2, 0) is 0 Å². The lowest BCUT2D eigenvalue weighted by Gasteiger charge is -2.56. The number of benzene rings is 1. The second-order valence-electron chi connectivity index (χ2n) is 8.99. The van der Waals surface area contributed by atoms with Crippen LogP contribution >= 0.6 is 11.3 Å². The Labute approximate surface area is 164 Å². The number of rotatable bonds is 4. The summed E-state index contributed by atoms with van der Waals surface area (Å²) in [4.78, 5) is 16.4. The van der Waals surface area contributed by atoms with Gasteiger partial charge in [0.2, 0.25) is 0 Å². The van der Waals surface area contributed by atoms with Crippen molar-refractivity contribution in [2.45, 2.75) is 64.1 Å². The summed E-state index contributed by atoms with van der Waals surface area (Å²) < 4.78 is 7.27. The van der Waals surface area contributed by atoms with Crippen molar-refractivity contribution in [1.82, 2.24) is 10.2 Å². The highest BCUT2D eigenvalue weighted by Crippen LogP contribution is 2.41. The van der Waals surface area contributed by atoms with Gasteiger partial charge in [-0.25, -0.2) is 0 Å². The maximum absolute atomic E-state index is 13.1. The molecule has 1 unspecified atom stereocenters. The van der Waals surface area contributed by atoms with E-state index >= 15 is 0 Å². The molecule has 0 radical (unpaired) electrons. The Bertz CT molecular complexity index is 891. The van der Waals surface area contributed by atoms with Gasteiger partial charge in [-0.15, -0.1) is 11.3 Å². The molecule has 1 amide bonds. The van der Waals surface area contributed by atoms with E-state index in [1.165, 1.54) is 12.8 Å². The molecule has 27 heavy (non-hydrogen) atoms. The predicted molar refractivity (Wildman–Crippen MR) is 110 cm³/mol. The smallest absolute Gasteiger partial charge is 0.261 e. The fraction of sp³-hybridized carbons (Fsp3) is 0.591. The van der Waals surface area contributed by atoms with Crippen molar-refractivity contribution < 1.29 is 9.53 Å². The molecule has 1 atom stereocenters. The number of amides is 1. The third-order valence-electron chi connectivity index (χ3n) is 6.74. The fourth-order valence-electron chi connectivity index (χ4n) is 4.88. The highest BCUT2D eigenvalue weighted by Gasteiger charge is 2.48. The summed E-state index contributed by atoms with van der Waals surface area (Å²) in [6, 6.07) is 6.46. The molecule has 0 spiro atoms. The van der Waals surface area contributed by atoms with Crippen molar-refractivity contribution in [2.24, 2.45) is 5.92 Å². The van der Waals surface area contributed by atoms with E-state index in [0.29, 0.717) is 12.0 Å². The molecular weight excluding hydrogens is 356 g/mol. The van der Waals surface area contributed by atoms with Crippen LogP contribution in [0.3, 0.4) is 0 Å². The average Bonchev–Trinajstić information content (AvgIpc) is 3.36. The first-order chi connectivity index (χ1) is 12.9. The second kappa shape index (κ2) is 6.21. The number of hydrogen-bond acceptors (Lipinski definition) is 4. The molecule has 6 rings (SSSR count). The van der Waals surface area contributed by atoms with E-state index in [-0.39, 0.29) is 17.5 Å². The summed E-state index contributed by atoms with van der Waals surface area (Å²) in [7, 11) is 0. The Hall–Kier alpha value is -1.59. The van der Waals surface area contributed by atoms with Crippen molar-refractivity contribution in [2.75, 3.05) is 13.1 Å². The maximum Gasteiger partial charge on any atom is 0.261 e. The van der Waals surface area contributed by atoms with Crippen LogP contribution in [0.15, 0.2) is 18.2 Å². The molecule has 1 saturated carbocycles. The first-order valence-corrected chi connectivity index (χ1v) is 11.0. The summed E-state index contributed by atoms with van der Waals surface area (Å²) in [6.45, 7) is 8.97. The number of thiophene rings is 1. The molecule has 5 heteroatoms. The summed E-state index contributed by atoms with van der Waals surface area (Å²) in [5, 5.41) is 4.50. The Balaban J connectivity index is 1.42. The number of fused-ring (bicyclic) bond motifs is 4. The SMILES string of the molecule is Cc1ccc2cc(C(=O)NC3C4CCN(CC4)C3(C)C)sc2c1OC1CC1. The molecule has 2 aromatic rings. The molecule has 4 nitrogen and oxygen atoms in total. The van der Waals surface area contributed by atoms with Crippen LogP contribution in [0.4, 0.5) is 0 Å². The quantitative estimate of drug-likeness (QED) is 0.852. The van der Waals surface area contributed by atoms with Crippen LogP contribution in [0, 0.1) is 12.8 Å². The minimum absolute atomic E-state index is 0.0321. The topological polar surface area (TPSA) is 41.6 Å².